The topological polar surface area (TPSA) is 54.9 Å². The number of thioether (sulfide) groups is 2. The van der Waals surface area contributed by atoms with Crippen LogP contribution in [0, 0.1) is 0 Å². The maximum Gasteiger partial charge on any atom is 0.233 e. The van der Waals surface area contributed by atoms with Crippen LogP contribution in [0.15, 0.2) is 32.9 Å². The number of aromatic nitrogens is 2. The molecular formula is C18H25N3OS3. The molecule has 4 nitrogen and oxygen atoms in total. The molecule has 25 heavy (non-hydrogen) atoms. The van der Waals surface area contributed by atoms with Gasteiger partial charge in [0.2, 0.25) is 5.91 Å². The highest BCUT2D eigenvalue weighted by molar-refractivity contribution is 8.03. The number of carbonyl (C=O) groups excluding carboxylic acids is 1. The third-order valence-electron chi connectivity index (χ3n) is 3.59. The van der Waals surface area contributed by atoms with Crippen molar-refractivity contribution < 1.29 is 4.79 Å². The average Bonchev–Trinajstić information content (AvgIpc) is 3.05. The number of benzene rings is 1. The molecule has 1 aromatic carbocycles. The molecule has 0 fully saturated rings. The van der Waals surface area contributed by atoms with Crippen LogP contribution >= 0.6 is 34.9 Å². The van der Waals surface area contributed by atoms with E-state index < -0.39 is 0 Å². The number of nitrogens with zero attached hydrogens (tertiary/aromatic N) is 2. The molecule has 0 aliphatic carbocycles. The summed E-state index contributed by atoms with van der Waals surface area (Å²) in [5.74, 6) is 1.49. The van der Waals surface area contributed by atoms with Crippen LogP contribution in [0.2, 0.25) is 0 Å². The Bertz CT molecular complexity index is 670. The molecule has 0 saturated heterocycles. The van der Waals surface area contributed by atoms with E-state index in [-0.39, 0.29) is 11.2 Å². The number of rotatable bonds is 9. The van der Waals surface area contributed by atoms with E-state index in [2.05, 4.69) is 53.6 Å². The molecule has 1 unspecified atom stereocenters. The van der Waals surface area contributed by atoms with Crippen molar-refractivity contribution in [2.24, 2.45) is 0 Å². The van der Waals surface area contributed by atoms with Crippen molar-refractivity contribution in [1.82, 2.24) is 15.5 Å². The quantitative estimate of drug-likeness (QED) is 0.608. The second-order valence-electron chi connectivity index (χ2n) is 6.07. The minimum atomic E-state index is -0.152. The highest BCUT2D eigenvalue weighted by Gasteiger charge is 2.16. The summed E-state index contributed by atoms with van der Waals surface area (Å²) < 4.78 is 1.79. The molecule has 1 N–H and O–H groups in total. The van der Waals surface area contributed by atoms with Gasteiger partial charge in [-0.3, -0.25) is 4.79 Å². The SMILES string of the molecule is CCCNC(=O)C(C)Sc1nnc(SCc2ccc(C(C)C)cc2)s1. The normalized spacial score (nSPS) is 12.4. The van der Waals surface area contributed by atoms with Gasteiger partial charge in [0.15, 0.2) is 8.68 Å². The average molecular weight is 396 g/mol. The van der Waals surface area contributed by atoms with E-state index in [9.17, 15) is 4.79 Å². The third kappa shape index (κ3) is 6.64. The van der Waals surface area contributed by atoms with E-state index in [4.69, 9.17) is 0 Å². The summed E-state index contributed by atoms with van der Waals surface area (Å²) in [4.78, 5) is 11.9. The molecule has 1 heterocycles. The van der Waals surface area contributed by atoms with E-state index in [1.807, 2.05) is 13.8 Å². The summed E-state index contributed by atoms with van der Waals surface area (Å²) in [6.07, 6.45) is 0.945. The summed E-state index contributed by atoms with van der Waals surface area (Å²) in [6, 6.07) is 8.75. The molecule has 0 bridgehead atoms. The van der Waals surface area contributed by atoms with Crippen molar-refractivity contribution in [3.63, 3.8) is 0 Å². The summed E-state index contributed by atoms with van der Waals surface area (Å²) in [5.41, 5.74) is 2.64. The fourth-order valence-corrected chi connectivity index (χ4v) is 5.19. The molecule has 0 spiro atoms. The van der Waals surface area contributed by atoms with Crippen LogP contribution in [0.4, 0.5) is 0 Å². The van der Waals surface area contributed by atoms with Gasteiger partial charge in [0.25, 0.3) is 0 Å². The summed E-state index contributed by atoms with van der Waals surface area (Å²) >= 11 is 4.71. The van der Waals surface area contributed by atoms with Crippen molar-refractivity contribution in [2.75, 3.05) is 6.54 Å². The summed E-state index contributed by atoms with van der Waals surface area (Å²) in [7, 11) is 0. The zero-order valence-corrected chi connectivity index (χ0v) is 17.6. The van der Waals surface area contributed by atoms with Gasteiger partial charge in [-0.25, -0.2) is 0 Å². The third-order valence-corrected chi connectivity index (χ3v) is 6.90. The fourth-order valence-electron chi connectivity index (χ4n) is 2.04. The minimum Gasteiger partial charge on any atom is -0.355 e. The predicted molar refractivity (Wildman–Crippen MR) is 109 cm³/mol. The Hall–Kier alpha value is -1.05. The van der Waals surface area contributed by atoms with Gasteiger partial charge in [-0.15, -0.1) is 10.2 Å². The van der Waals surface area contributed by atoms with E-state index in [0.29, 0.717) is 5.92 Å². The molecule has 0 saturated carbocycles. The second kappa shape index (κ2) is 10.2. The van der Waals surface area contributed by atoms with Gasteiger partial charge in [0.1, 0.15) is 0 Å². The van der Waals surface area contributed by atoms with Gasteiger partial charge in [-0.05, 0) is 30.4 Å². The van der Waals surface area contributed by atoms with Crippen LogP contribution in [0.5, 0.6) is 0 Å². The first-order valence-corrected chi connectivity index (χ1v) is 11.2. The van der Waals surface area contributed by atoms with Crippen molar-refractivity contribution >= 4 is 40.8 Å². The number of nitrogens with one attached hydrogen (secondary N) is 1. The van der Waals surface area contributed by atoms with Crippen LogP contribution in [0.25, 0.3) is 0 Å². The monoisotopic (exact) mass is 395 g/mol. The Morgan fingerprint density at radius 2 is 1.84 bits per heavy atom. The Morgan fingerprint density at radius 1 is 1.16 bits per heavy atom. The standard InChI is InChI=1S/C18H25N3OS3/c1-5-10-19-16(22)13(4)24-18-21-20-17(25-18)23-11-14-6-8-15(9-7-14)12(2)3/h6-9,12-13H,5,10-11H2,1-4H3,(H,19,22). The largest absolute Gasteiger partial charge is 0.355 e. The molecule has 0 aliphatic heterocycles. The predicted octanol–water partition coefficient (Wildman–Crippen LogP) is 4.96. The van der Waals surface area contributed by atoms with Gasteiger partial charge in [-0.1, -0.05) is 79.9 Å². The first-order chi connectivity index (χ1) is 12.0. The first kappa shape index (κ1) is 20.3. The van der Waals surface area contributed by atoms with Crippen molar-refractivity contribution in [3.05, 3.63) is 35.4 Å². The highest BCUT2D eigenvalue weighted by atomic mass is 32.2. The molecule has 1 amide bonds. The van der Waals surface area contributed by atoms with E-state index in [0.717, 1.165) is 27.4 Å². The molecule has 1 atom stereocenters. The second-order valence-corrected chi connectivity index (χ2v) is 9.86. The molecule has 0 radical (unpaired) electrons. The lowest BCUT2D eigenvalue weighted by Gasteiger charge is -2.08. The smallest absolute Gasteiger partial charge is 0.233 e. The number of amides is 1. The van der Waals surface area contributed by atoms with Crippen LogP contribution < -0.4 is 5.32 Å². The van der Waals surface area contributed by atoms with Crippen molar-refractivity contribution in [1.29, 1.82) is 0 Å². The van der Waals surface area contributed by atoms with Gasteiger partial charge in [-0.2, -0.15) is 0 Å². The van der Waals surface area contributed by atoms with Crippen molar-refractivity contribution in [3.8, 4) is 0 Å². The summed E-state index contributed by atoms with van der Waals surface area (Å²) in [6.45, 7) is 9.07. The lowest BCUT2D eigenvalue weighted by atomic mass is 10.0. The first-order valence-electron chi connectivity index (χ1n) is 8.49. The number of carbonyl (C=O) groups is 1. The van der Waals surface area contributed by atoms with Crippen LogP contribution in [0.1, 0.15) is 51.2 Å². The van der Waals surface area contributed by atoms with Gasteiger partial charge in [0.05, 0.1) is 5.25 Å². The Kier molecular flexibility index (Phi) is 8.26. The van der Waals surface area contributed by atoms with Gasteiger partial charge >= 0.3 is 0 Å². The van der Waals surface area contributed by atoms with E-state index >= 15 is 0 Å². The van der Waals surface area contributed by atoms with Gasteiger partial charge < -0.3 is 5.32 Å². The zero-order chi connectivity index (χ0) is 18.2. The molecule has 2 aromatic rings. The lowest BCUT2D eigenvalue weighted by molar-refractivity contribution is -0.120. The Morgan fingerprint density at radius 3 is 2.48 bits per heavy atom. The summed E-state index contributed by atoms with van der Waals surface area (Å²) in [5, 5.41) is 11.2. The van der Waals surface area contributed by atoms with Crippen LogP contribution in [-0.4, -0.2) is 27.9 Å². The van der Waals surface area contributed by atoms with Crippen molar-refractivity contribution in [2.45, 2.75) is 59.7 Å². The molecule has 7 heteroatoms. The highest BCUT2D eigenvalue weighted by Crippen LogP contribution is 2.32. The molecule has 2 rings (SSSR count). The molecular weight excluding hydrogens is 370 g/mol. The lowest BCUT2D eigenvalue weighted by Crippen LogP contribution is -2.31. The van der Waals surface area contributed by atoms with Gasteiger partial charge in [0, 0.05) is 12.3 Å². The minimum absolute atomic E-state index is 0.0569. The molecule has 1 aromatic heterocycles. The maximum atomic E-state index is 11.9. The van der Waals surface area contributed by atoms with Crippen LogP contribution in [0.3, 0.4) is 0 Å². The Balaban J connectivity index is 1.83. The zero-order valence-electron chi connectivity index (χ0n) is 15.1. The van der Waals surface area contributed by atoms with E-state index in [1.54, 1.807) is 23.1 Å². The molecule has 0 aliphatic rings. The number of hydrogen-bond acceptors (Lipinski definition) is 6. The Labute approximate surface area is 162 Å². The van der Waals surface area contributed by atoms with E-state index in [1.165, 1.54) is 22.9 Å². The maximum absolute atomic E-state index is 11.9. The molecule has 136 valence electrons. The number of hydrogen-bond donors (Lipinski definition) is 1. The fraction of sp³-hybridized carbons (Fsp3) is 0.500. The van der Waals surface area contributed by atoms with Crippen LogP contribution in [-0.2, 0) is 10.5 Å².